The van der Waals surface area contributed by atoms with Gasteiger partial charge in [0, 0.05) is 34.7 Å². The van der Waals surface area contributed by atoms with E-state index in [-0.39, 0.29) is 36.6 Å². The zero-order chi connectivity index (χ0) is 24.7. The molecule has 0 bridgehead atoms. The SMILES string of the molecule is COCn1nc(Cc2ccc(Cl)cc2Cl)c2c1COCC2=C(F)CN1C(=O)c2ccccc2C1=O. The number of amides is 2. The first-order chi connectivity index (χ1) is 16.9. The van der Waals surface area contributed by atoms with E-state index in [1.54, 1.807) is 47.1 Å². The van der Waals surface area contributed by atoms with Crippen LogP contribution in [0, 0.1) is 0 Å². The first kappa shape index (κ1) is 23.7. The smallest absolute Gasteiger partial charge is 0.261 e. The number of nitrogens with zero attached hydrogens (tertiary/aromatic N) is 3. The molecule has 10 heteroatoms. The summed E-state index contributed by atoms with van der Waals surface area (Å²) in [6.07, 6.45) is 0.318. The van der Waals surface area contributed by atoms with Gasteiger partial charge in [0.05, 0.1) is 42.3 Å². The van der Waals surface area contributed by atoms with Crippen LogP contribution >= 0.6 is 23.2 Å². The van der Waals surface area contributed by atoms with Gasteiger partial charge in [-0.1, -0.05) is 41.4 Å². The molecular weight excluding hydrogens is 496 g/mol. The van der Waals surface area contributed by atoms with Crippen LogP contribution in [0.2, 0.25) is 10.0 Å². The van der Waals surface area contributed by atoms with Crippen molar-refractivity contribution >= 4 is 40.6 Å². The molecule has 0 saturated carbocycles. The summed E-state index contributed by atoms with van der Waals surface area (Å²) in [6.45, 7) is -0.166. The largest absolute Gasteiger partial charge is 0.370 e. The molecule has 0 N–H and O–H groups in total. The number of rotatable bonds is 6. The van der Waals surface area contributed by atoms with E-state index in [1.165, 1.54) is 7.11 Å². The van der Waals surface area contributed by atoms with Crippen LogP contribution in [-0.2, 0) is 29.2 Å². The molecular formula is C25H20Cl2FN3O4. The Kier molecular flexibility index (Phi) is 6.46. The van der Waals surface area contributed by atoms with Gasteiger partial charge >= 0.3 is 0 Å². The predicted molar refractivity (Wildman–Crippen MR) is 128 cm³/mol. The van der Waals surface area contributed by atoms with Crippen LogP contribution in [0.15, 0.2) is 48.3 Å². The molecule has 0 unspecified atom stereocenters. The highest BCUT2D eigenvalue weighted by atomic mass is 35.5. The van der Waals surface area contributed by atoms with E-state index in [4.69, 9.17) is 32.7 Å². The van der Waals surface area contributed by atoms with Gasteiger partial charge in [-0.2, -0.15) is 5.10 Å². The van der Waals surface area contributed by atoms with Crippen molar-refractivity contribution < 1.29 is 23.5 Å². The summed E-state index contributed by atoms with van der Waals surface area (Å²) in [5.41, 5.74) is 3.35. The molecule has 2 amide bonds. The second-order valence-electron chi connectivity index (χ2n) is 8.22. The van der Waals surface area contributed by atoms with Crippen LogP contribution in [0.25, 0.3) is 5.57 Å². The fourth-order valence-electron chi connectivity index (χ4n) is 4.40. The monoisotopic (exact) mass is 515 g/mol. The van der Waals surface area contributed by atoms with Crippen LogP contribution in [0.4, 0.5) is 4.39 Å². The fourth-order valence-corrected chi connectivity index (χ4v) is 4.87. The Morgan fingerprint density at radius 3 is 2.49 bits per heavy atom. The number of carbonyl (C=O) groups excluding carboxylic acids is 2. The van der Waals surface area contributed by atoms with Crippen LogP contribution in [0.5, 0.6) is 0 Å². The lowest BCUT2D eigenvalue weighted by Crippen LogP contribution is -2.31. The quantitative estimate of drug-likeness (QED) is 0.437. The Bertz CT molecular complexity index is 1350. The van der Waals surface area contributed by atoms with E-state index >= 15 is 4.39 Å². The molecule has 180 valence electrons. The Morgan fingerprint density at radius 2 is 1.83 bits per heavy atom. The van der Waals surface area contributed by atoms with E-state index in [0.29, 0.717) is 33.4 Å². The van der Waals surface area contributed by atoms with Gasteiger partial charge in [-0.3, -0.25) is 14.5 Å². The van der Waals surface area contributed by atoms with Crippen molar-refractivity contribution in [1.29, 1.82) is 0 Å². The average Bonchev–Trinajstić information content (AvgIpc) is 3.31. The maximum atomic E-state index is 15.8. The minimum Gasteiger partial charge on any atom is -0.370 e. The second kappa shape index (κ2) is 9.54. The number of ether oxygens (including phenoxy) is 2. The zero-order valence-electron chi connectivity index (χ0n) is 18.7. The van der Waals surface area contributed by atoms with Gasteiger partial charge in [-0.05, 0) is 29.8 Å². The molecule has 2 aliphatic heterocycles. The number of aromatic nitrogens is 2. The molecule has 3 heterocycles. The molecule has 7 nitrogen and oxygen atoms in total. The molecule has 3 aromatic rings. The molecule has 0 saturated heterocycles. The fraction of sp³-hybridized carbons (Fsp3) is 0.240. The molecule has 2 aromatic carbocycles. The highest BCUT2D eigenvalue weighted by Crippen LogP contribution is 2.35. The lowest BCUT2D eigenvalue weighted by Gasteiger charge is -2.21. The van der Waals surface area contributed by atoms with Crippen LogP contribution < -0.4 is 0 Å². The van der Waals surface area contributed by atoms with Crippen molar-refractivity contribution in [3.05, 3.63) is 92.0 Å². The molecule has 0 spiro atoms. The van der Waals surface area contributed by atoms with Crippen molar-refractivity contribution in [3.8, 4) is 0 Å². The first-order valence-electron chi connectivity index (χ1n) is 10.8. The molecule has 0 aliphatic carbocycles. The van der Waals surface area contributed by atoms with Crippen molar-refractivity contribution in [1.82, 2.24) is 14.7 Å². The maximum Gasteiger partial charge on any atom is 0.261 e. The van der Waals surface area contributed by atoms with Crippen molar-refractivity contribution in [3.63, 3.8) is 0 Å². The summed E-state index contributed by atoms with van der Waals surface area (Å²) in [6, 6.07) is 11.6. The maximum absolute atomic E-state index is 15.8. The van der Waals surface area contributed by atoms with Crippen molar-refractivity contribution in [2.75, 3.05) is 20.3 Å². The molecule has 1 aromatic heterocycles. The van der Waals surface area contributed by atoms with Gasteiger partial charge in [0.1, 0.15) is 12.6 Å². The summed E-state index contributed by atoms with van der Waals surface area (Å²) in [5, 5.41) is 5.61. The molecule has 0 fully saturated rings. The van der Waals surface area contributed by atoms with E-state index in [2.05, 4.69) is 5.10 Å². The van der Waals surface area contributed by atoms with Gasteiger partial charge in [0.25, 0.3) is 11.8 Å². The number of hydrogen-bond donors (Lipinski definition) is 0. The number of benzene rings is 2. The Hall–Kier alpha value is -3.04. The zero-order valence-corrected chi connectivity index (χ0v) is 20.2. The van der Waals surface area contributed by atoms with Crippen LogP contribution in [0.3, 0.4) is 0 Å². The predicted octanol–water partition coefficient (Wildman–Crippen LogP) is 4.89. The number of fused-ring (bicyclic) bond motifs is 2. The van der Waals surface area contributed by atoms with Gasteiger partial charge in [0.2, 0.25) is 0 Å². The summed E-state index contributed by atoms with van der Waals surface area (Å²) < 4.78 is 28.3. The molecule has 0 radical (unpaired) electrons. The lowest BCUT2D eigenvalue weighted by atomic mass is 9.97. The van der Waals surface area contributed by atoms with E-state index in [9.17, 15) is 9.59 Å². The number of imide groups is 1. The minimum atomic E-state index is -0.638. The Morgan fingerprint density at radius 1 is 1.11 bits per heavy atom. The van der Waals surface area contributed by atoms with Crippen molar-refractivity contribution in [2.45, 2.75) is 19.8 Å². The van der Waals surface area contributed by atoms with Gasteiger partial charge in [-0.25, -0.2) is 9.07 Å². The Labute approximate surface area is 210 Å². The van der Waals surface area contributed by atoms with E-state index in [0.717, 1.165) is 10.5 Å². The van der Waals surface area contributed by atoms with E-state index < -0.39 is 24.2 Å². The lowest BCUT2D eigenvalue weighted by molar-refractivity contribution is 0.0659. The summed E-state index contributed by atoms with van der Waals surface area (Å²) in [7, 11) is 1.53. The highest BCUT2D eigenvalue weighted by Gasteiger charge is 2.37. The van der Waals surface area contributed by atoms with Gasteiger partial charge in [0.15, 0.2) is 0 Å². The van der Waals surface area contributed by atoms with Crippen LogP contribution in [-0.4, -0.2) is 46.8 Å². The van der Waals surface area contributed by atoms with Gasteiger partial charge < -0.3 is 9.47 Å². The van der Waals surface area contributed by atoms with Crippen molar-refractivity contribution in [2.24, 2.45) is 0 Å². The third kappa shape index (κ3) is 4.27. The number of hydrogen-bond acceptors (Lipinski definition) is 5. The average molecular weight is 516 g/mol. The van der Waals surface area contributed by atoms with Gasteiger partial charge in [-0.15, -0.1) is 0 Å². The third-order valence-electron chi connectivity index (χ3n) is 6.04. The molecule has 0 atom stereocenters. The third-order valence-corrected chi connectivity index (χ3v) is 6.63. The molecule has 35 heavy (non-hydrogen) atoms. The number of halogens is 3. The molecule has 2 aliphatic rings. The summed E-state index contributed by atoms with van der Waals surface area (Å²) in [5.74, 6) is -1.69. The standard InChI is InChI=1S/C25H20Cl2FN3O4/c1-34-13-31-22-12-35-11-18(23(22)21(29-31)8-14-6-7-15(26)9-19(14)27)20(28)10-30-24(32)16-4-2-3-5-17(16)25(30)33/h2-7,9H,8,10-13H2,1H3. The van der Waals surface area contributed by atoms with E-state index in [1.807, 2.05) is 0 Å². The number of methoxy groups -OCH3 is 1. The normalized spacial score (nSPS) is 16.5. The number of carbonyl (C=O) groups is 2. The summed E-state index contributed by atoms with van der Waals surface area (Å²) in [4.78, 5) is 26.4. The molecule has 5 rings (SSSR count). The first-order valence-corrected chi connectivity index (χ1v) is 11.6. The second-order valence-corrected chi connectivity index (χ2v) is 9.06. The summed E-state index contributed by atoms with van der Waals surface area (Å²) >= 11 is 12.4. The minimum absolute atomic E-state index is 0.0258. The highest BCUT2D eigenvalue weighted by molar-refractivity contribution is 6.35. The Balaban J connectivity index is 1.54. The topological polar surface area (TPSA) is 73.7 Å². The van der Waals surface area contributed by atoms with Crippen LogP contribution in [0.1, 0.15) is 43.2 Å².